The van der Waals surface area contributed by atoms with Crippen molar-refractivity contribution in [2.75, 3.05) is 0 Å². The molecule has 0 nitrogen and oxygen atoms in total. The Morgan fingerprint density at radius 3 is 0.577 bits per heavy atom. The Labute approximate surface area is 166 Å². The number of unbranched alkanes of at least 4 members (excludes halogenated alkanes) is 21. The van der Waals surface area contributed by atoms with Gasteiger partial charge >= 0.3 is 0 Å². The van der Waals surface area contributed by atoms with Crippen molar-refractivity contribution < 1.29 is 0 Å². The Hall–Kier alpha value is -0.520. The lowest BCUT2D eigenvalue weighted by molar-refractivity contribution is 0.521. The van der Waals surface area contributed by atoms with Crippen molar-refractivity contribution in [3.05, 3.63) is 25.3 Å². The van der Waals surface area contributed by atoms with Crippen LogP contribution >= 0.6 is 0 Å². The second-order valence-electron chi connectivity index (χ2n) is 8.23. The average Bonchev–Trinajstić information content (AvgIpc) is 2.66. The quantitative estimate of drug-likeness (QED) is 0.125. The van der Waals surface area contributed by atoms with Crippen LogP contribution in [0.1, 0.15) is 141 Å². The minimum absolute atomic E-state index is 1.20. The van der Waals surface area contributed by atoms with Crippen molar-refractivity contribution in [1.82, 2.24) is 0 Å². The van der Waals surface area contributed by atoms with Crippen LogP contribution in [-0.4, -0.2) is 0 Å². The first-order valence-corrected chi connectivity index (χ1v) is 12.1. The van der Waals surface area contributed by atoms with E-state index in [0.717, 1.165) is 0 Å². The van der Waals surface area contributed by atoms with Gasteiger partial charge in [-0.1, -0.05) is 128 Å². The van der Waals surface area contributed by atoms with Crippen LogP contribution in [0.2, 0.25) is 0 Å². The zero-order valence-corrected chi connectivity index (χ0v) is 18.1. The summed E-state index contributed by atoms with van der Waals surface area (Å²) in [6.07, 6.45) is 35.4. The molecule has 0 radical (unpaired) electrons. The maximum absolute atomic E-state index is 3.78. The lowest BCUT2D eigenvalue weighted by Gasteiger charge is -2.04. The largest absolute Gasteiger partial charge is 0.103 e. The van der Waals surface area contributed by atoms with Crippen LogP contribution in [0.4, 0.5) is 0 Å². The smallest absolute Gasteiger partial charge is 0.0353 e. The van der Waals surface area contributed by atoms with Crippen molar-refractivity contribution in [3.8, 4) is 0 Å². The molecule has 0 unspecified atom stereocenters. The fourth-order valence-corrected chi connectivity index (χ4v) is 3.76. The lowest BCUT2D eigenvalue weighted by Crippen LogP contribution is -1.84. The van der Waals surface area contributed by atoms with Gasteiger partial charge in [0.2, 0.25) is 0 Å². The van der Waals surface area contributed by atoms with E-state index >= 15 is 0 Å². The first-order chi connectivity index (χ1) is 12.9. The molecule has 0 aromatic carbocycles. The second kappa shape index (κ2) is 24.5. The molecule has 0 aromatic heterocycles. The summed E-state index contributed by atoms with van der Waals surface area (Å²) in [5, 5.41) is 0. The zero-order valence-electron chi connectivity index (χ0n) is 18.1. The van der Waals surface area contributed by atoms with Gasteiger partial charge in [0.25, 0.3) is 0 Å². The molecule has 0 spiro atoms. The molecule has 0 heterocycles. The van der Waals surface area contributed by atoms with Crippen LogP contribution in [0.25, 0.3) is 0 Å². The Bertz CT molecular complexity index is 237. The van der Waals surface area contributed by atoms with Crippen LogP contribution in [0, 0.1) is 0 Å². The van der Waals surface area contributed by atoms with Crippen LogP contribution in [0.5, 0.6) is 0 Å². The van der Waals surface area contributed by atoms with Crippen LogP contribution in [0.3, 0.4) is 0 Å². The zero-order chi connectivity index (χ0) is 19.0. The van der Waals surface area contributed by atoms with Gasteiger partial charge in [-0.3, -0.25) is 0 Å². The third kappa shape index (κ3) is 23.5. The van der Waals surface area contributed by atoms with Gasteiger partial charge in [0.05, 0.1) is 0 Å². The van der Waals surface area contributed by atoms with E-state index in [4.69, 9.17) is 0 Å². The third-order valence-electron chi connectivity index (χ3n) is 5.57. The Balaban J connectivity index is 2.96. The third-order valence-corrected chi connectivity index (χ3v) is 5.57. The molecule has 0 aliphatic heterocycles. The van der Waals surface area contributed by atoms with Gasteiger partial charge in [0.1, 0.15) is 0 Å². The van der Waals surface area contributed by atoms with Crippen LogP contribution in [0.15, 0.2) is 25.3 Å². The van der Waals surface area contributed by atoms with Crippen molar-refractivity contribution >= 4 is 0 Å². The standard InChI is InChI=1S/C26H50/c1-3-5-7-9-11-13-15-17-19-21-23-25-26-24-22-20-18-16-14-12-10-8-6-4-2/h3-4H,1-2,5-26H2. The summed E-state index contributed by atoms with van der Waals surface area (Å²) in [4.78, 5) is 0. The molecule has 0 bridgehead atoms. The molecule has 0 rings (SSSR count). The highest BCUT2D eigenvalue weighted by Crippen LogP contribution is 2.15. The van der Waals surface area contributed by atoms with Gasteiger partial charge in [-0.05, 0) is 25.7 Å². The number of allylic oxidation sites excluding steroid dienone is 2. The van der Waals surface area contributed by atoms with Gasteiger partial charge in [-0.15, -0.1) is 13.2 Å². The maximum Gasteiger partial charge on any atom is -0.0353 e. The minimum Gasteiger partial charge on any atom is -0.103 e. The van der Waals surface area contributed by atoms with E-state index in [9.17, 15) is 0 Å². The van der Waals surface area contributed by atoms with E-state index in [1.54, 1.807) is 0 Å². The monoisotopic (exact) mass is 362 g/mol. The second-order valence-corrected chi connectivity index (χ2v) is 8.23. The molecule has 0 heteroatoms. The fourth-order valence-electron chi connectivity index (χ4n) is 3.76. The van der Waals surface area contributed by atoms with E-state index in [0.29, 0.717) is 0 Å². The first kappa shape index (κ1) is 25.5. The number of hydrogen-bond acceptors (Lipinski definition) is 0. The molecule has 0 fully saturated rings. The van der Waals surface area contributed by atoms with Gasteiger partial charge in [0.15, 0.2) is 0 Å². The predicted molar refractivity (Wildman–Crippen MR) is 122 cm³/mol. The SMILES string of the molecule is C=CCCCCCCCCCCCCCCCCCCCCCCC=C. The van der Waals surface area contributed by atoms with Gasteiger partial charge < -0.3 is 0 Å². The lowest BCUT2D eigenvalue weighted by atomic mass is 10.0. The Morgan fingerprint density at radius 1 is 0.269 bits per heavy atom. The predicted octanol–water partition coefficient (Wildman–Crippen LogP) is 9.94. The summed E-state index contributed by atoms with van der Waals surface area (Å²) in [6.45, 7) is 7.57. The summed E-state index contributed by atoms with van der Waals surface area (Å²) in [7, 11) is 0. The molecule has 0 amide bonds. The van der Waals surface area contributed by atoms with E-state index in [1.807, 2.05) is 12.2 Å². The normalized spacial score (nSPS) is 10.9. The molecule has 154 valence electrons. The highest BCUT2D eigenvalue weighted by atomic mass is 14.0. The summed E-state index contributed by atoms with van der Waals surface area (Å²) < 4.78 is 0. The average molecular weight is 363 g/mol. The highest BCUT2D eigenvalue weighted by Gasteiger charge is 1.95. The van der Waals surface area contributed by atoms with Crippen molar-refractivity contribution in [2.45, 2.75) is 141 Å². The van der Waals surface area contributed by atoms with Crippen molar-refractivity contribution in [3.63, 3.8) is 0 Å². The van der Waals surface area contributed by atoms with Crippen LogP contribution < -0.4 is 0 Å². The van der Waals surface area contributed by atoms with Crippen molar-refractivity contribution in [1.29, 1.82) is 0 Å². The Morgan fingerprint density at radius 2 is 0.423 bits per heavy atom. The summed E-state index contributed by atoms with van der Waals surface area (Å²) in [5.41, 5.74) is 0. The van der Waals surface area contributed by atoms with E-state index in [-0.39, 0.29) is 0 Å². The fraction of sp³-hybridized carbons (Fsp3) is 0.846. The van der Waals surface area contributed by atoms with E-state index < -0.39 is 0 Å². The highest BCUT2D eigenvalue weighted by molar-refractivity contribution is 4.65. The topological polar surface area (TPSA) is 0 Å². The first-order valence-electron chi connectivity index (χ1n) is 12.1. The van der Waals surface area contributed by atoms with Crippen LogP contribution in [-0.2, 0) is 0 Å². The number of hydrogen-bond donors (Lipinski definition) is 0. The molecule has 26 heavy (non-hydrogen) atoms. The number of rotatable bonds is 23. The van der Waals surface area contributed by atoms with Gasteiger partial charge in [-0.25, -0.2) is 0 Å². The van der Waals surface area contributed by atoms with Gasteiger partial charge in [-0.2, -0.15) is 0 Å². The molecule has 0 saturated carbocycles. The van der Waals surface area contributed by atoms with E-state index in [1.165, 1.54) is 141 Å². The van der Waals surface area contributed by atoms with E-state index in [2.05, 4.69) is 13.2 Å². The molecular weight excluding hydrogens is 312 g/mol. The molecule has 0 aromatic rings. The summed E-state index contributed by atoms with van der Waals surface area (Å²) >= 11 is 0. The Kier molecular flexibility index (Phi) is 24.0. The molecule has 0 N–H and O–H groups in total. The molecule has 0 atom stereocenters. The maximum atomic E-state index is 3.78. The molecule has 0 aliphatic carbocycles. The minimum atomic E-state index is 1.20. The molecule has 0 saturated heterocycles. The summed E-state index contributed by atoms with van der Waals surface area (Å²) in [5.74, 6) is 0. The van der Waals surface area contributed by atoms with Crippen molar-refractivity contribution in [2.24, 2.45) is 0 Å². The molecular formula is C26H50. The summed E-state index contributed by atoms with van der Waals surface area (Å²) in [6, 6.07) is 0. The van der Waals surface area contributed by atoms with Gasteiger partial charge in [0, 0.05) is 0 Å². The molecule has 0 aliphatic rings.